The number of anilines is 3. The Balaban J connectivity index is 2.25. The van der Waals surface area contributed by atoms with Crippen LogP contribution in [-0.2, 0) is 0 Å². The lowest BCUT2D eigenvalue weighted by Crippen LogP contribution is -2.12. The second kappa shape index (κ2) is 5.30. The largest absolute Gasteiger partial charge is 0.370 e. The van der Waals surface area contributed by atoms with Crippen molar-refractivity contribution in [2.75, 3.05) is 23.8 Å². The summed E-state index contributed by atoms with van der Waals surface area (Å²) in [6.07, 6.45) is 1.58. The highest BCUT2D eigenvalue weighted by atomic mass is 15.2. The zero-order chi connectivity index (χ0) is 12.1. The fraction of sp³-hybridized carbons (Fsp3) is 0.231. The van der Waals surface area contributed by atoms with E-state index in [1.165, 1.54) is 0 Å². The molecular formula is C13H16N4. The van der Waals surface area contributed by atoms with Crippen LogP contribution in [-0.4, -0.2) is 23.6 Å². The second-order valence-corrected chi connectivity index (χ2v) is 3.69. The highest BCUT2D eigenvalue weighted by Gasteiger charge is 2.05. The first-order chi connectivity index (χ1) is 8.31. The van der Waals surface area contributed by atoms with E-state index in [9.17, 15) is 0 Å². The van der Waals surface area contributed by atoms with Gasteiger partial charge in [-0.2, -0.15) is 0 Å². The lowest BCUT2D eigenvalue weighted by Gasteiger charge is -2.18. The summed E-state index contributed by atoms with van der Waals surface area (Å²) >= 11 is 0. The minimum Gasteiger partial charge on any atom is -0.370 e. The molecule has 0 radical (unpaired) electrons. The molecule has 0 saturated heterocycles. The molecule has 88 valence electrons. The van der Waals surface area contributed by atoms with E-state index in [0.29, 0.717) is 0 Å². The molecule has 0 fully saturated rings. The van der Waals surface area contributed by atoms with Crippen molar-refractivity contribution in [3.8, 4) is 0 Å². The van der Waals surface area contributed by atoms with Gasteiger partial charge < -0.3 is 10.2 Å². The Kier molecular flexibility index (Phi) is 3.55. The smallest absolute Gasteiger partial charge is 0.138 e. The number of para-hydroxylation sites is 1. The first-order valence-electron chi connectivity index (χ1n) is 5.66. The van der Waals surface area contributed by atoms with Crippen LogP contribution in [0, 0.1) is 0 Å². The summed E-state index contributed by atoms with van der Waals surface area (Å²) in [6.45, 7) is 2.90. The minimum atomic E-state index is 0.847. The van der Waals surface area contributed by atoms with Crippen LogP contribution in [0.1, 0.15) is 6.92 Å². The average Bonchev–Trinajstić information content (AvgIpc) is 2.40. The van der Waals surface area contributed by atoms with Gasteiger partial charge in [0.1, 0.15) is 18.0 Å². The van der Waals surface area contributed by atoms with Crippen LogP contribution >= 0.6 is 0 Å². The van der Waals surface area contributed by atoms with Crippen molar-refractivity contribution >= 4 is 17.3 Å². The molecular weight excluding hydrogens is 212 g/mol. The SMILES string of the molecule is CCNc1cc(N(C)c2ccccc2)ncn1. The highest BCUT2D eigenvalue weighted by molar-refractivity contribution is 5.61. The molecule has 0 aliphatic heterocycles. The molecule has 0 unspecified atom stereocenters. The Morgan fingerprint density at radius 2 is 1.94 bits per heavy atom. The van der Waals surface area contributed by atoms with E-state index in [4.69, 9.17) is 0 Å². The van der Waals surface area contributed by atoms with Crippen LogP contribution in [0.15, 0.2) is 42.7 Å². The van der Waals surface area contributed by atoms with Crippen LogP contribution < -0.4 is 10.2 Å². The fourth-order valence-corrected chi connectivity index (χ4v) is 1.59. The summed E-state index contributed by atoms with van der Waals surface area (Å²) < 4.78 is 0. The summed E-state index contributed by atoms with van der Waals surface area (Å²) in [4.78, 5) is 10.5. The third kappa shape index (κ3) is 2.72. The van der Waals surface area contributed by atoms with E-state index in [1.54, 1.807) is 6.33 Å². The molecule has 2 aromatic rings. The predicted molar refractivity (Wildman–Crippen MR) is 70.7 cm³/mol. The van der Waals surface area contributed by atoms with E-state index in [-0.39, 0.29) is 0 Å². The summed E-state index contributed by atoms with van der Waals surface area (Å²) in [5, 5.41) is 3.18. The quantitative estimate of drug-likeness (QED) is 0.873. The molecule has 1 heterocycles. The van der Waals surface area contributed by atoms with Crippen molar-refractivity contribution in [2.24, 2.45) is 0 Å². The number of hydrogen-bond donors (Lipinski definition) is 1. The molecule has 0 amide bonds. The Hall–Kier alpha value is -2.10. The zero-order valence-corrected chi connectivity index (χ0v) is 10.1. The average molecular weight is 228 g/mol. The van der Waals surface area contributed by atoms with Gasteiger partial charge in [-0.05, 0) is 19.1 Å². The van der Waals surface area contributed by atoms with Crippen LogP contribution in [0.4, 0.5) is 17.3 Å². The maximum Gasteiger partial charge on any atom is 0.138 e. The van der Waals surface area contributed by atoms with E-state index >= 15 is 0 Å². The molecule has 0 atom stereocenters. The molecule has 1 aromatic carbocycles. The van der Waals surface area contributed by atoms with E-state index in [0.717, 1.165) is 23.9 Å². The number of rotatable bonds is 4. The van der Waals surface area contributed by atoms with Crippen LogP contribution in [0.25, 0.3) is 0 Å². The van der Waals surface area contributed by atoms with Crippen molar-refractivity contribution < 1.29 is 0 Å². The van der Waals surface area contributed by atoms with E-state index in [1.807, 2.05) is 43.1 Å². The predicted octanol–water partition coefficient (Wildman–Crippen LogP) is 2.68. The van der Waals surface area contributed by atoms with E-state index < -0.39 is 0 Å². The summed E-state index contributed by atoms with van der Waals surface area (Å²) in [5.41, 5.74) is 1.11. The second-order valence-electron chi connectivity index (χ2n) is 3.69. The van der Waals surface area contributed by atoms with Crippen molar-refractivity contribution in [3.05, 3.63) is 42.7 Å². The maximum atomic E-state index is 4.27. The minimum absolute atomic E-state index is 0.847. The molecule has 2 rings (SSSR count). The summed E-state index contributed by atoms with van der Waals surface area (Å²) in [5.74, 6) is 1.72. The number of aromatic nitrogens is 2. The van der Waals surface area contributed by atoms with Gasteiger partial charge >= 0.3 is 0 Å². The summed E-state index contributed by atoms with van der Waals surface area (Å²) in [6, 6.07) is 12.1. The zero-order valence-electron chi connectivity index (χ0n) is 10.1. The lowest BCUT2D eigenvalue weighted by molar-refractivity contribution is 1.06. The van der Waals surface area contributed by atoms with Crippen molar-refractivity contribution in [2.45, 2.75) is 6.92 Å². The Labute approximate surface area is 101 Å². The Morgan fingerprint density at radius 3 is 2.65 bits per heavy atom. The van der Waals surface area contributed by atoms with Gasteiger partial charge in [-0.25, -0.2) is 9.97 Å². The van der Waals surface area contributed by atoms with Crippen molar-refractivity contribution in [1.29, 1.82) is 0 Å². The molecule has 4 nitrogen and oxygen atoms in total. The monoisotopic (exact) mass is 228 g/mol. The third-order valence-corrected chi connectivity index (χ3v) is 2.50. The molecule has 0 aliphatic rings. The number of nitrogens with zero attached hydrogens (tertiary/aromatic N) is 3. The molecule has 17 heavy (non-hydrogen) atoms. The van der Waals surface area contributed by atoms with Gasteiger partial charge in [0.25, 0.3) is 0 Å². The Morgan fingerprint density at radius 1 is 1.18 bits per heavy atom. The lowest BCUT2D eigenvalue weighted by atomic mass is 10.3. The van der Waals surface area contributed by atoms with Gasteiger partial charge in [0.05, 0.1) is 0 Å². The van der Waals surface area contributed by atoms with Gasteiger partial charge in [-0.15, -0.1) is 0 Å². The van der Waals surface area contributed by atoms with Gasteiger partial charge in [0.15, 0.2) is 0 Å². The molecule has 0 spiro atoms. The van der Waals surface area contributed by atoms with E-state index in [2.05, 4.69) is 27.4 Å². The number of nitrogens with one attached hydrogen (secondary N) is 1. The van der Waals surface area contributed by atoms with Gasteiger partial charge in [-0.1, -0.05) is 18.2 Å². The standard InChI is InChI=1S/C13H16N4/c1-3-14-12-9-13(16-10-15-12)17(2)11-7-5-4-6-8-11/h4-10H,3H2,1-2H3,(H,14,15,16). The molecule has 0 saturated carbocycles. The van der Waals surface area contributed by atoms with Gasteiger partial charge in [-0.3, -0.25) is 0 Å². The highest BCUT2D eigenvalue weighted by Crippen LogP contribution is 2.21. The first-order valence-corrected chi connectivity index (χ1v) is 5.66. The molecule has 1 aromatic heterocycles. The third-order valence-electron chi connectivity index (χ3n) is 2.50. The van der Waals surface area contributed by atoms with Crippen molar-refractivity contribution in [1.82, 2.24) is 9.97 Å². The van der Waals surface area contributed by atoms with Gasteiger partial charge in [0.2, 0.25) is 0 Å². The van der Waals surface area contributed by atoms with Crippen LogP contribution in [0.3, 0.4) is 0 Å². The topological polar surface area (TPSA) is 41.0 Å². The maximum absolute atomic E-state index is 4.27. The first kappa shape index (κ1) is 11.4. The fourth-order valence-electron chi connectivity index (χ4n) is 1.59. The number of hydrogen-bond acceptors (Lipinski definition) is 4. The molecule has 4 heteroatoms. The van der Waals surface area contributed by atoms with Crippen LogP contribution in [0.2, 0.25) is 0 Å². The molecule has 0 bridgehead atoms. The van der Waals surface area contributed by atoms with Crippen LogP contribution in [0.5, 0.6) is 0 Å². The Bertz CT molecular complexity index is 470. The van der Waals surface area contributed by atoms with Gasteiger partial charge in [0, 0.05) is 25.3 Å². The summed E-state index contributed by atoms with van der Waals surface area (Å²) in [7, 11) is 1.99. The number of benzene rings is 1. The molecule has 1 N–H and O–H groups in total. The van der Waals surface area contributed by atoms with Crippen molar-refractivity contribution in [3.63, 3.8) is 0 Å². The normalized spacial score (nSPS) is 10.0. The molecule has 0 aliphatic carbocycles.